The molecule has 0 atom stereocenters. The molecule has 1 amide bonds. The third-order valence-electron chi connectivity index (χ3n) is 2.35. The van der Waals surface area contributed by atoms with E-state index < -0.39 is 5.60 Å². The summed E-state index contributed by atoms with van der Waals surface area (Å²) in [5.74, 6) is 0. The van der Waals surface area contributed by atoms with Crippen molar-refractivity contribution in [2.24, 2.45) is 7.05 Å². The molecule has 0 unspecified atom stereocenters. The Morgan fingerprint density at radius 3 is 2.69 bits per heavy atom. The minimum Gasteiger partial charge on any atom is -0.444 e. The van der Waals surface area contributed by atoms with Crippen molar-refractivity contribution >= 4 is 6.09 Å². The van der Waals surface area contributed by atoms with Gasteiger partial charge in [-0.15, -0.1) is 0 Å². The second-order valence-electron chi connectivity index (χ2n) is 5.11. The molecule has 0 N–H and O–H groups in total. The first-order chi connectivity index (χ1) is 7.35. The van der Waals surface area contributed by atoms with Crippen molar-refractivity contribution in [1.29, 1.82) is 0 Å². The van der Waals surface area contributed by atoms with Crippen molar-refractivity contribution in [1.82, 2.24) is 14.7 Å². The largest absolute Gasteiger partial charge is 0.444 e. The number of amides is 1. The summed E-state index contributed by atoms with van der Waals surface area (Å²) in [5.41, 5.74) is 1.63. The van der Waals surface area contributed by atoms with Gasteiger partial charge in [0.15, 0.2) is 0 Å². The molecule has 1 aliphatic rings. The Balaban J connectivity index is 2.01. The fourth-order valence-electron chi connectivity index (χ4n) is 1.75. The molecule has 0 fully saturated rings. The summed E-state index contributed by atoms with van der Waals surface area (Å²) in [6, 6.07) is 0. The van der Waals surface area contributed by atoms with Gasteiger partial charge in [0.25, 0.3) is 0 Å². The molecule has 0 saturated carbocycles. The van der Waals surface area contributed by atoms with Crippen LogP contribution in [0.1, 0.15) is 32.0 Å². The number of nitrogens with zero attached hydrogens (tertiary/aromatic N) is 3. The molecular formula is C11H17N3O2. The van der Waals surface area contributed by atoms with E-state index in [0.717, 1.165) is 11.3 Å². The van der Waals surface area contributed by atoms with E-state index in [2.05, 4.69) is 5.10 Å². The number of aromatic nitrogens is 2. The van der Waals surface area contributed by atoms with Crippen LogP contribution in [0.2, 0.25) is 0 Å². The highest BCUT2D eigenvalue weighted by Gasteiger charge is 2.29. The van der Waals surface area contributed by atoms with Crippen LogP contribution in [0.15, 0.2) is 6.20 Å². The van der Waals surface area contributed by atoms with Gasteiger partial charge in [0.05, 0.1) is 18.8 Å². The average molecular weight is 223 g/mol. The maximum Gasteiger partial charge on any atom is 0.410 e. The van der Waals surface area contributed by atoms with Crippen molar-refractivity contribution in [3.8, 4) is 0 Å². The van der Waals surface area contributed by atoms with E-state index in [0.29, 0.717) is 13.1 Å². The lowest BCUT2D eigenvalue weighted by molar-refractivity contribution is 0.0239. The Bertz CT molecular complexity index is 394. The SMILES string of the molecule is Cn1cc2c(n1)CN(C(=O)OC(C)(C)C)C2. The summed E-state index contributed by atoms with van der Waals surface area (Å²) in [5, 5.41) is 4.29. The molecule has 1 aromatic heterocycles. The highest BCUT2D eigenvalue weighted by molar-refractivity contribution is 5.69. The summed E-state index contributed by atoms with van der Waals surface area (Å²) < 4.78 is 7.08. The predicted molar refractivity (Wildman–Crippen MR) is 58.7 cm³/mol. The molecule has 2 rings (SSSR count). The number of fused-ring (bicyclic) bond motifs is 1. The van der Waals surface area contributed by atoms with Crippen LogP contribution in [0.5, 0.6) is 0 Å². The lowest BCUT2D eigenvalue weighted by atomic mass is 10.2. The number of aryl methyl sites for hydroxylation is 1. The normalized spacial score (nSPS) is 15.1. The first-order valence-corrected chi connectivity index (χ1v) is 5.34. The lowest BCUT2D eigenvalue weighted by Gasteiger charge is -2.24. The molecule has 0 aromatic carbocycles. The Morgan fingerprint density at radius 1 is 1.44 bits per heavy atom. The molecule has 1 aromatic rings. The second kappa shape index (κ2) is 3.50. The van der Waals surface area contributed by atoms with Gasteiger partial charge in [0, 0.05) is 18.8 Å². The van der Waals surface area contributed by atoms with E-state index in [9.17, 15) is 4.79 Å². The number of rotatable bonds is 0. The summed E-state index contributed by atoms with van der Waals surface area (Å²) in [7, 11) is 1.89. The summed E-state index contributed by atoms with van der Waals surface area (Å²) >= 11 is 0. The van der Waals surface area contributed by atoms with E-state index in [1.807, 2.05) is 34.0 Å². The van der Waals surface area contributed by atoms with Gasteiger partial charge in [0.1, 0.15) is 5.60 Å². The smallest absolute Gasteiger partial charge is 0.410 e. The summed E-state index contributed by atoms with van der Waals surface area (Å²) in [4.78, 5) is 13.5. The van der Waals surface area contributed by atoms with Gasteiger partial charge in [-0.1, -0.05) is 0 Å². The third kappa shape index (κ3) is 2.18. The maximum atomic E-state index is 11.8. The summed E-state index contributed by atoms with van der Waals surface area (Å²) in [6.45, 7) is 6.74. The van der Waals surface area contributed by atoms with Gasteiger partial charge in [-0.2, -0.15) is 5.10 Å². The van der Waals surface area contributed by atoms with Crippen molar-refractivity contribution in [3.05, 3.63) is 17.5 Å². The number of carbonyl (C=O) groups is 1. The zero-order chi connectivity index (χ0) is 11.9. The van der Waals surface area contributed by atoms with Gasteiger partial charge >= 0.3 is 6.09 Å². The van der Waals surface area contributed by atoms with Crippen LogP contribution >= 0.6 is 0 Å². The Labute approximate surface area is 95.0 Å². The first-order valence-electron chi connectivity index (χ1n) is 5.34. The lowest BCUT2D eigenvalue weighted by Crippen LogP contribution is -2.33. The Kier molecular flexibility index (Phi) is 2.40. The van der Waals surface area contributed by atoms with Crippen molar-refractivity contribution in [2.75, 3.05) is 0 Å². The number of hydrogen-bond donors (Lipinski definition) is 0. The van der Waals surface area contributed by atoms with Crippen LogP contribution in [0.25, 0.3) is 0 Å². The van der Waals surface area contributed by atoms with Crippen LogP contribution in [-0.2, 0) is 24.9 Å². The molecule has 0 spiro atoms. The minimum atomic E-state index is -0.443. The molecule has 0 saturated heterocycles. The quantitative estimate of drug-likeness (QED) is 0.672. The molecule has 5 nitrogen and oxygen atoms in total. The van der Waals surface area contributed by atoms with E-state index >= 15 is 0 Å². The molecular weight excluding hydrogens is 206 g/mol. The van der Waals surface area contributed by atoms with Crippen LogP contribution in [-0.4, -0.2) is 26.4 Å². The summed E-state index contributed by atoms with van der Waals surface area (Å²) in [6.07, 6.45) is 1.67. The van der Waals surface area contributed by atoms with Crippen LogP contribution in [0.4, 0.5) is 4.79 Å². The van der Waals surface area contributed by atoms with E-state index in [-0.39, 0.29) is 6.09 Å². The molecule has 0 bridgehead atoms. The average Bonchev–Trinajstić information content (AvgIpc) is 2.56. The molecule has 5 heteroatoms. The topological polar surface area (TPSA) is 47.4 Å². The van der Waals surface area contributed by atoms with E-state index in [4.69, 9.17) is 4.74 Å². The van der Waals surface area contributed by atoms with E-state index in [1.54, 1.807) is 9.58 Å². The van der Waals surface area contributed by atoms with Gasteiger partial charge in [-0.3, -0.25) is 9.58 Å². The number of carbonyl (C=O) groups excluding carboxylic acids is 1. The monoisotopic (exact) mass is 223 g/mol. The molecule has 88 valence electrons. The highest BCUT2D eigenvalue weighted by Crippen LogP contribution is 2.22. The third-order valence-corrected chi connectivity index (χ3v) is 2.35. The molecule has 0 radical (unpaired) electrons. The maximum absolute atomic E-state index is 11.8. The van der Waals surface area contributed by atoms with Gasteiger partial charge < -0.3 is 4.74 Å². The van der Waals surface area contributed by atoms with Crippen LogP contribution in [0, 0.1) is 0 Å². The second-order valence-corrected chi connectivity index (χ2v) is 5.11. The Hall–Kier alpha value is -1.52. The van der Waals surface area contributed by atoms with Crippen molar-refractivity contribution in [2.45, 2.75) is 39.5 Å². The number of hydrogen-bond acceptors (Lipinski definition) is 3. The van der Waals surface area contributed by atoms with Crippen LogP contribution in [0.3, 0.4) is 0 Å². The molecule has 2 heterocycles. The molecule has 0 aliphatic carbocycles. The van der Waals surface area contributed by atoms with Gasteiger partial charge in [0.2, 0.25) is 0 Å². The van der Waals surface area contributed by atoms with E-state index in [1.165, 1.54) is 0 Å². The van der Waals surface area contributed by atoms with Crippen LogP contribution < -0.4 is 0 Å². The minimum absolute atomic E-state index is 0.270. The molecule has 1 aliphatic heterocycles. The van der Waals surface area contributed by atoms with Crippen molar-refractivity contribution in [3.63, 3.8) is 0 Å². The fourth-order valence-corrected chi connectivity index (χ4v) is 1.75. The van der Waals surface area contributed by atoms with Gasteiger partial charge in [-0.25, -0.2) is 4.79 Å². The van der Waals surface area contributed by atoms with Crippen molar-refractivity contribution < 1.29 is 9.53 Å². The zero-order valence-electron chi connectivity index (χ0n) is 10.1. The molecule has 16 heavy (non-hydrogen) atoms. The highest BCUT2D eigenvalue weighted by atomic mass is 16.6. The first kappa shape index (κ1) is 11.0. The number of ether oxygens (including phenoxy) is 1. The predicted octanol–water partition coefficient (Wildman–Crippen LogP) is 1.67. The standard InChI is InChI=1S/C11H17N3O2/c1-11(2,3)16-10(15)14-6-8-5-13(4)12-9(8)7-14/h5H,6-7H2,1-4H3. The fraction of sp³-hybridized carbons (Fsp3) is 0.636. The Morgan fingerprint density at radius 2 is 2.12 bits per heavy atom. The zero-order valence-corrected chi connectivity index (χ0v) is 10.1. The van der Waals surface area contributed by atoms with Gasteiger partial charge in [-0.05, 0) is 20.8 Å².